The third-order valence-corrected chi connectivity index (χ3v) is 7.87. The van der Waals surface area contributed by atoms with Crippen molar-refractivity contribution in [3.05, 3.63) is 34.9 Å². The number of primary amides is 1. The first-order valence-corrected chi connectivity index (χ1v) is 12.5. The Kier molecular flexibility index (Phi) is 3.96. The van der Waals surface area contributed by atoms with Crippen molar-refractivity contribution in [2.45, 2.75) is 50.2 Å². The highest BCUT2D eigenvalue weighted by Crippen LogP contribution is 2.51. The van der Waals surface area contributed by atoms with E-state index >= 15 is 0 Å². The molecule has 2 aliphatic carbocycles. The molecule has 0 aromatic carbocycles. The number of aryl methyl sites for hydroxylation is 1. The van der Waals surface area contributed by atoms with Gasteiger partial charge in [0.1, 0.15) is 17.2 Å². The molecule has 2 amide bonds. The molecule has 0 spiro atoms. The van der Waals surface area contributed by atoms with Crippen molar-refractivity contribution in [1.29, 1.82) is 0 Å². The number of hydrogen-bond acceptors (Lipinski definition) is 9. The smallest absolute Gasteiger partial charge is 0.407 e. The minimum atomic E-state index is -2.94. The number of nitrogens with one attached hydrogen (secondary N) is 2. The van der Waals surface area contributed by atoms with E-state index in [1.807, 2.05) is 0 Å². The van der Waals surface area contributed by atoms with Crippen LogP contribution in [0.4, 0.5) is 16.4 Å². The number of ether oxygens (including phenoxy) is 2. The van der Waals surface area contributed by atoms with Crippen LogP contribution >= 0.6 is 0 Å². The maximum Gasteiger partial charge on any atom is 0.407 e. The predicted octanol–water partition coefficient (Wildman–Crippen LogP) is 1.90. The molecule has 4 aromatic heterocycles. The van der Waals surface area contributed by atoms with E-state index in [4.69, 9.17) is 22.8 Å². The molecule has 210 valence electrons. The van der Waals surface area contributed by atoms with E-state index in [2.05, 4.69) is 30.4 Å². The number of methoxy groups -OCH3 is 2. The van der Waals surface area contributed by atoms with Crippen LogP contribution in [0.1, 0.15) is 51.0 Å². The minimum Gasteiger partial charge on any atom is -0.479 e. The van der Waals surface area contributed by atoms with E-state index < -0.39 is 56.4 Å². The number of nitrogens with two attached hydrogens (primary N) is 1. The van der Waals surface area contributed by atoms with Crippen LogP contribution in [-0.4, -0.2) is 61.0 Å². The molecule has 2 saturated carbocycles. The highest BCUT2D eigenvalue weighted by atomic mass is 16.5. The molecule has 0 saturated heterocycles. The van der Waals surface area contributed by atoms with Crippen LogP contribution in [-0.2, 0) is 22.0 Å². The number of fused-ring (bicyclic) bond motifs is 2. The van der Waals surface area contributed by atoms with Gasteiger partial charge in [-0.15, -0.1) is 5.10 Å². The number of nitrogens with zero attached hydrogens (tertiary/aromatic N) is 6. The van der Waals surface area contributed by atoms with Gasteiger partial charge in [-0.2, -0.15) is 0 Å². The maximum absolute atomic E-state index is 13.6. The number of amides is 2. The Balaban J connectivity index is 1.37. The summed E-state index contributed by atoms with van der Waals surface area (Å²) in [5.41, 5.74) is 4.01. The standard InChI is InChI=1S/C26H31N9O5/c1-13-11-26(13,23(27)36)35-21-16(22(32-35)39-3)7-8-19(31-21)30-20-10-17-18(12-28-20)33(2)25(38)34(17)15-6-5-14(9-15)29-24(37)40-4/h7-8,10,12-15H,5-6,9,11H2,1-4H3,(H2,27,36)(H,29,37)(H,28,30,31)/i2D3,3D3,4D3. The quantitative estimate of drug-likeness (QED) is 0.306. The van der Waals surface area contributed by atoms with Gasteiger partial charge in [0.15, 0.2) is 5.65 Å². The summed E-state index contributed by atoms with van der Waals surface area (Å²) < 4.78 is 80.6. The van der Waals surface area contributed by atoms with Gasteiger partial charge in [0, 0.05) is 29.2 Å². The van der Waals surface area contributed by atoms with Crippen molar-refractivity contribution in [2.24, 2.45) is 18.6 Å². The van der Waals surface area contributed by atoms with Gasteiger partial charge in [-0.25, -0.2) is 24.2 Å². The highest BCUT2D eigenvalue weighted by Gasteiger charge is 2.60. The molecule has 6 rings (SSSR count). The minimum absolute atomic E-state index is 0.0211. The van der Waals surface area contributed by atoms with Gasteiger partial charge in [0.05, 0.1) is 44.9 Å². The average molecular weight is 559 g/mol. The molecular weight excluding hydrogens is 518 g/mol. The molecule has 14 nitrogen and oxygen atoms in total. The van der Waals surface area contributed by atoms with Gasteiger partial charge in [-0.1, -0.05) is 6.92 Å². The summed E-state index contributed by atoms with van der Waals surface area (Å²) >= 11 is 0. The van der Waals surface area contributed by atoms with E-state index in [0.717, 1.165) is 0 Å². The normalized spacial score (nSPS) is 28.1. The predicted molar refractivity (Wildman–Crippen MR) is 146 cm³/mol. The van der Waals surface area contributed by atoms with Gasteiger partial charge in [-0.3, -0.25) is 13.9 Å². The zero-order valence-electron chi connectivity index (χ0n) is 30.2. The first kappa shape index (κ1) is 17.2. The van der Waals surface area contributed by atoms with Crippen LogP contribution in [0, 0.1) is 5.92 Å². The van der Waals surface area contributed by atoms with Crippen LogP contribution in [0.5, 0.6) is 5.88 Å². The van der Waals surface area contributed by atoms with Gasteiger partial charge in [-0.05, 0) is 43.7 Å². The molecule has 14 heteroatoms. The maximum atomic E-state index is 13.6. The second-order valence-electron chi connectivity index (χ2n) is 10.1. The lowest BCUT2D eigenvalue weighted by atomic mass is 10.2. The van der Waals surface area contributed by atoms with Crippen molar-refractivity contribution < 1.29 is 31.4 Å². The molecule has 4 N–H and O–H groups in total. The van der Waals surface area contributed by atoms with E-state index in [1.165, 1.54) is 33.6 Å². The molecule has 40 heavy (non-hydrogen) atoms. The number of carbonyl (C=O) groups is 2. The monoisotopic (exact) mass is 558 g/mol. The zero-order valence-corrected chi connectivity index (χ0v) is 21.2. The summed E-state index contributed by atoms with van der Waals surface area (Å²) in [5, 5.41) is 9.96. The summed E-state index contributed by atoms with van der Waals surface area (Å²) in [4.78, 5) is 47.1. The highest BCUT2D eigenvalue weighted by molar-refractivity contribution is 5.91. The molecule has 0 bridgehead atoms. The second-order valence-corrected chi connectivity index (χ2v) is 10.1. The Morgan fingerprint density at radius 1 is 1.23 bits per heavy atom. The lowest BCUT2D eigenvalue weighted by Gasteiger charge is -2.15. The first-order valence-electron chi connectivity index (χ1n) is 17.0. The molecule has 4 atom stereocenters. The SMILES string of the molecule is [2H]C([2H])([2H])OC(=O)NC1CCC(n2c(=O)n(C([2H])([2H])[2H])c3cnc(Nc4ccc5c(OC([2H])([2H])[2H])nn(C6(C(N)=O)CC6C)c5n4)cc32)C1. The number of aromatic nitrogens is 6. The van der Waals surface area contributed by atoms with Crippen LogP contribution in [0.2, 0.25) is 0 Å². The van der Waals surface area contributed by atoms with Crippen molar-refractivity contribution in [3.63, 3.8) is 0 Å². The summed E-state index contributed by atoms with van der Waals surface area (Å²) in [7, 11) is -5.77. The fraction of sp³-hybridized carbons (Fsp3) is 0.462. The lowest BCUT2D eigenvalue weighted by molar-refractivity contribution is -0.123. The van der Waals surface area contributed by atoms with Crippen LogP contribution in [0.15, 0.2) is 29.2 Å². The largest absolute Gasteiger partial charge is 0.479 e. The number of rotatable bonds is 7. The van der Waals surface area contributed by atoms with Crippen molar-refractivity contribution in [2.75, 3.05) is 19.4 Å². The van der Waals surface area contributed by atoms with Crippen LogP contribution < -0.4 is 26.8 Å². The molecule has 4 unspecified atom stereocenters. The first-order chi connectivity index (χ1) is 22.7. The van der Waals surface area contributed by atoms with Crippen molar-refractivity contribution in [3.8, 4) is 5.88 Å². The average Bonchev–Trinajstić information content (AvgIpc) is 3.20. The van der Waals surface area contributed by atoms with E-state index in [9.17, 15) is 14.4 Å². The lowest BCUT2D eigenvalue weighted by Crippen LogP contribution is -2.36. The number of hydrogen-bond donors (Lipinski definition) is 3. The van der Waals surface area contributed by atoms with E-state index in [1.54, 1.807) is 6.92 Å². The van der Waals surface area contributed by atoms with Gasteiger partial charge in [0.25, 0.3) is 0 Å². The summed E-state index contributed by atoms with van der Waals surface area (Å²) in [5.74, 6) is -0.824. The Hall–Kier alpha value is -4.62. The second kappa shape index (κ2) is 9.24. The molecule has 2 aliphatic rings. The number of imidazole rings is 1. The summed E-state index contributed by atoms with van der Waals surface area (Å²) in [6, 6.07) is 3.34. The number of alkyl carbamates (subject to hydrolysis) is 1. The Bertz CT molecular complexity index is 2030. The Morgan fingerprint density at radius 2 is 2.08 bits per heavy atom. The van der Waals surface area contributed by atoms with Crippen LogP contribution in [0.3, 0.4) is 0 Å². The fourth-order valence-corrected chi connectivity index (χ4v) is 5.73. The Labute approximate surface area is 241 Å². The van der Waals surface area contributed by atoms with E-state index in [0.29, 0.717) is 23.8 Å². The summed E-state index contributed by atoms with van der Waals surface area (Å²) in [6.45, 7) is -1.06. The topological polar surface area (TPSA) is 173 Å². The zero-order chi connectivity index (χ0) is 35.8. The van der Waals surface area contributed by atoms with Gasteiger partial charge >= 0.3 is 11.8 Å². The van der Waals surface area contributed by atoms with Gasteiger partial charge < -0.3 is 25.8 Å². The molecule has 4 aromatic rings. The molecule has 4 heterocycles. The molecule has 0 aliphatic heterocycles. The van der Waals surface area contributed by atoms with Gasteiger partial charge in [0.2, 0.25) is 11.8 Å². The molecule has 0 radical (unpaired) electrons. The summed E-state index contributed by atoms with van der Waals surface area (Å²) in [6.07, 6.45) is 1.33. The third-order valence-electron chi connectivity index (χ3n) is 7.87. The van der Waals surface area contributed by atoms with Crippen LogP contribution in [0.25, 0.3) is 22.1 Å². The molecular formula is C26H31N9O5. The third kappa shape index (κ3) is 3.85. The van der Waals surface area contributed by atoms with E-state index in [-0.39, 0.29) is 51.9 Å². The number of pyridine rings is 2. The van der Waals surface area contributed by atoms with Crippen molar-refractivity contribution >= 4 is 45.7 Å². The van der Waals surface area contributed by atoms with Crippen molar-refractivity contribution in [1.82, 2.24) is 34.2 Å². The number of carbonyl (C=O) groups excluding carboxylic acids is 2. The number of anilines is 2. The Morgan fingerprint density at radius 3 is 2.80 bits per heavy atom. The fourth-order valence-electron chi connectivity index (χ4n) is 5.73. The molecule has 2 fully saturated rings.